The Morgan fingerprint density at radius 1 is 1.00 bits per heavy atom. The minimum Gasteiger partial charge on any atom is -0.870 e. The van der Waals surface area contributed by atoms with E-state index in [1.165, 1.54) is 32.2 Å². The summed E-state index contributed by atoms with van der Waals surface area (Å²) < 4.78 is 37.3. The third-order valence-corrected chi connectivity index (χ3v) is 6.85. The third kappa shape index (κ3) is 6.29. The van der Waals surface area contributed by atoms with Gasteiger partial charge in [0.1, 0.15) is 11.4 Å². The van der Waals surface area contributed by atoms with E-state index in [1.54, 1.807) is 36.4 Å². The summed E-state index contributed by atoms with van der Waals surface area (Å²) in [5, 5.41) is 25.3. The van der Waals surface area contributed by atoms with Crippen molar-refractivity contribution in [2.75, 3.05) is 12.4 Å². The van der Waals surface area contributed by atoms with E-state index >= 15 is 0 Å². The van der Waals surface area contributed by atoms with Crippen molar-refractivity contribution in [2.24, 2.45) is 10.2 Å². The molecule has 9 nitrogen and oxygen atoms in total. The third-order valence-electron chi connectivity index (χ3n) is 5.42. The van der Waals surface area contributed by atoms with Crippen LogP contribution < -0.4 is 44.7 Å². The number of amides is 1. The maximum Gasteiger partial charge on any atom is 1.00 e. The number of hydrogen-bond acceptors (Lipinski definition) is 7. The molecule has 13 heteroatoms. The summed E-state index contributed by atoms with van der Waals surface area (Å²) >= 11 is 12.4. The van der Waals surface area contributed by atoms with Gasteiger partial charge in [-0.1, -0.05) is 53.2 Å². The quantitative estimate of drug-likeness (QED) is 0.203. The number of methoxy groups -OCH3 is 1. The largest absolute Gasteiger partial charge is 1.00 e. The van der Waals surface area contributed by atoms with E-state index < -0.39 is 26.7 Å². The summed E-state index contributed by atoms with van der Waals surface area (Å²) in [4.78, 5) is 12.7. The van der Waals surface area contributed by atoms with Crippen molar-refractivity contribution in [1.82, 2.24) is 0 Å². The van der Waals surface area contributed by atoms with E-state index in [9.17, 15) is 22.9 Å². The van der Waals surface area contributed by atoms with Crippen LogP contribution in [0.1, 0.15) is 15.9 Å². The summed E-state index contributed by atoms with van der Waals surface area (Å²) in [7, 11) is -3.00. The number of nitrogens with one attached hydrogen (secondary N) is 1. The topological polar surface area (TPSA) is 140 Å². The Kier molecular flexibility index (Phi) is 9.43. The number of halogens is 2. The number of nitrogens with zero attached hydrogens (tertiary/aromatic N) is 2. The number of hydrogen-bond donors (Lipinski definition) is 2. The molecule has 0 unspecified atom stereocenters. The molecule has 0 aliphatic heterocycles. The molecule has 0 aliphatic rings. The van der Waals surface area contributed by atoms with Crippen molar-refractivity contribution in [3.8, 4) is 11.5 Å². The second-order valence-electron chi connectivity index (χ2n) is 7.87. The second-order valence-corrected chi connectivity index (χ2v) is 10.1. The molecule has 38 heavy (non-hydrogen) atoms. The first-order valence-electron chi connectivity index (χ1n) is 10.6. The maximum absolute atomic E-state index is 13.4. The summed E-state index contributed by atoms with van der Waals surface area (Å²) in [5.74, 6) is -0.890. The molecule has 4 aromatic carbocycles. The summed E-state index contributed by atoms with van der Waals surface area (Å²) in [6.45, 7) is 1.52. The minimum absolute atomic E-state index is 0. The molecule has 0 aromatic heterocycles. The number of azo groups is 1. The molecule has 190 valence electrons. The smallest absolute Gasteiger partial charge is 0.870 e. The van der Waals surface area contributed by atoms with Crippen LogP contribution >= 0.6 is 23.2 Å². The number of aryl methyl sites for hydroxylation is 1. The SMILES string of the molecule is COc1ccc(NC(=O)c2cc3ccccc3c(N=Nc3c(C)cc(S(=O)(=O)O)cc3Cl)c2[O-])c(Cl)c1.[Na+]. The maximum atomic E-state index is 13.4. The number of carbonyl (C=O) groups excluding carboxylic acids is 1. The van der Waals surface area contributed by atoms with Gasteiger partial charge >= 0.3 is 29.6 Å². The first kappa shape index (κ1) is 29.9. The van der Waals surface area contributed by atoms with Crippen LogP contribution in [0, 0.1) is 6.92 Å². The van der Waals surface area contributed by atoms with Gasteiger partial charge in [-0.25, -0.2) is 0 Å². The molecule has 0 spiro atoms. The van der Waals surface area contributed by atoms with Gasteiger partial charge in [0.25, 0.3) is 16.0 Å². The van der Waals surface area contributed by atoms with E-state index in [0.29, 0.717) is 22.1 Å². The molecule has 4 rings (SSSR count). The van der Waals surface area contributed by atoms with E-state index in [0.717, 1.165) is 6.07 Å². The second kappa shape index (κ2) is 12.0. The Morgan fingerprint density at radius 2 is 1.68 bits per heavy atom. The van der Waals surface area contributed by atoms with Crippen LogP contribution in [-0.4, -0.2) is 26.0 Å². The fourth-order valence-corrected chi connectivity index (χ4v) is 4.75. The number of rotatable bonds is 6. The molecule has 0 heterocycles. The van der Waals surface area contributed by atoms with E-state index in [1.807, 2.05) is 0 Å². The van der Waals surface area contributed by atoms with Crippen molar-refractivity contribution in [3.63, 3.8) is 0 Å². The summed E-state index contributed by atoms with van der Waals surface area (Å²) in [5.41, 5.74) is 0.369. The molecule has 4 aromatic rings. The van der Waals surface area contributed by atoms with E-state index in [2.05, 4.69) is 15.5 Å². The molecular formula is C25H18Cl2N3NaO6S. The molecule has 0 aliphatic carbocycles. The zero-order valence-electron chi connectivity index (χ0n) is 20.3. The molecule has 0 saturated carbocycles. The first-order chi connectivity index (χ1) is 17.5. The average Bonchev–Trinajstić information content (AvgIpc) is 2.84. The van der Waals surface area contributed by atoms with Gasteiger partial charge in [-0.3, -0.25) is 9.35 Å². The molecular weight excluding hydrogens is 564 g/mol. The number of carbonyl (C=O) groups is 1. The Labute approximate surface area is 250 Å². The number of fused-ring (bicyclic) bond motifs is 1. The molecule has 2 N–H and O–H groups in total. The van der Waals surface area contributed by atoms with Crippen LogP contribution in [0.4, 0.5) is 17.1 Å². The van der Waals surface area contributed by atoms with Crippen molar-refractivity contribution in [2.45, 2.75) is 11.8 Å². The van der Waals surface area contributed by atoms with Gasteiger partial charge in [0, 0.05) is 17.0 Å². The fourth-order valence-electron chi connectivity index (χ4n) is 3.57. The minimum atomic E-state index is -4.48. The Hall–Kier alpha value is -2.70. The number of benzene rings is 4. The molecule has 1 amide bonds. The van der Waals surface area contributed by atoms with Crippen molar-refractivity contribution in [3.05, 3.63) is 81.8 Å². The fraction of sp³-hybridized carbons (Fsp3) is 0.0800. The Balaban J connectivity index is 0.00000400. The van der Waals surface area contributed by atoms with E-state index in [4.69, 9.17) is 27.9 Å². The van der Waals surface area contributed by atoms with Crippen LogP contribution in [0.5, 0.6) is 11.5 Å². The van der Waals surface area contributed by atoms with Crippen molar-refractivity contribution < 1.29 is 57.2 Å². The van der Waals surface area contributed by atoms with Gasteiger partial charge in [0.15, 0.2) is 0 Å². The van der Waals surface area contributed by atoms with Crippen LogP contribution in [0.15, 0.2) is 75.8 Å². The van der Waals surface area contributed by atoms with Gasteiger partial charge in [-0.2, -0.15) is 13.5 Å². The van der Waals surface area contributed by atoms with Crippen LogP contribution in [-0.2, 0) is 10.1 Å². The predicted molar refractivity (Wildman–Crippen MR) is 140 cm³/mol. The van der Waals surface area contributed by atoms with Gasteiger partial charge in [0.05, 0.1) is 33.4 Å². The molecule has 0 radical (unpaired) electrons. The molecule has 0 fully saturated rings. The molecule has 0 atom stereocenters. The van der Waals surface area contributed by atoms with E-state index in [-0.39, 0.29) is 62.2 Å². The zero-order chi connectivity index (χ0) is 26.9. The van der Waals surface area contributed by atoms with Crippen LogP contribution in [0.2, 0.25) is 10.0 Å². The average molecular weight is 582 g/mol. The standard InChI is InChI=1S/C25H19Cl2N3O6S.Na/c1-13-9-16(37(33,34)35)12-20(27)22(13)29-30-23-17-6-4-3-5-14(17)10-18(24(23)31)25(32)28-21-8-7-15(36-2)11-19(21)26;/h3-12,31H,1-2H3,(H,28,32)(H,33,34,35);/q;+1/p-1. The number of anilines is 1. The van der Waals surface area contributed by atoms with Gasteiger partial charge in [-0.05, 0) is 48.2 Å². The van der Waals surface area contributed by atoms with Crippen LogP contribution in [0.25, 0.3) is 10.8 Å². The summed E-state index contributed by atoms with van der Waals surface area (Å²) in [6, 6.07) is 15.1. The number of ether oxygens (including phenoxy) is 1. The Bertz CT molecular complexity index is 1670. The Morgan fingerprint density at radius 3 is 2.32 bits per heavy atom. The zero-order valence-corrected chi connectivity index (χ0v) is 24.6. The predicted octanol–water partition coefficient (Wildman–Crippen LogP) is 3.46. The molecule has 0 saturated heterocycles. The monoisotopic (exact) mass is 581 g/mol. The van der Waals surface area contributed by atoms with Gasteiger partial charge in [-0.15, -0.1) is 5.11 Å². The van der Waals surface area contributed by atoms with Crippen molar-refractivity contribution in [1.29, 1.82) is 0 Å². The van der Waals surface area contributed by atoms with Gasteiger partial charge < -0.3 is 15.2 Å². The normalized spacial score (nSPS) is 11.4. The first-order valence-corrected chi connectivity index (χ1v) is 12.8. The molecule has 0 bridgehead atoms. The van der Waals surface area contributed by atoms with Crippen molar-refractivity contribution >= 4 is 67.1 Å². The summed E-state index contributed by atoms with van der Waals surface area (Å²) in [6.07, 6.45) is 0. The van der Waals surface area contributed by atoms with Crippen LogP contribution in [0.3, 0.4) is 0 Å². The van der Waals surface area contributed by atoms with Gasteiger partial charge in [0.2, 0.25) is 0 Å².